The zero-order valence-electron chi connectivity index (χ0n) is 10.6. The molecule has 6 nitrogen and oxygen atoms in total. The molecule has 1 heterocycles. The van der Waals surface area contributed by atoms with E-state index in [1.54, 1.807) is 0 Å². The number of unbranched alkanes of at least 4 members (excludes halogenated alkanes) is 3. The normalized spacial score (nSPS) is 28.1. The minimum absolute atomic E-state index is 0.205. The number of hydrogen-bond acceptors (Lipinski definition) is 6. The van der Waals surface area contributed by atoms with Crippen molar-refractivity contribution in [3.63, 3.8) is 0 Å². The van der Waals surface area contributed by atoms with Gasteiger partial charge in [-0.3, -0.25) is 0 Å². The second-order valence-corrected chi connectivity index (χ2v) is 4.36. The fraction of sp³-hybridized carbons (Fsp3) is 0.833. The van der Waals surface area contributed by atoms with Crippen LogP contribution in [0.25, 0.3) is 0 Å². The molecule has 1 aliphatic heterocycles. The van der Waals surface area contributed by atoms with Gasteiger partial charge in [-0.1, -0.05) is 26.2 Å². The Hall–Kier alpha value is -0.980. The molecule has 106 valence electrons. The van der Waals surface area contributed by atoms with Gasteiger partial charge in [0.1, 0.15) is 12.2 Å². The molecule has 0 aromatic rings. The molecule has 18 heavy (non-hydrogen) atoms. The number of ether oxygens (including phenoxy) is 2. The monoisotopic (exact) mass is 262 g/mol. The highest BCUT2D eigenvalue weighted by molar-refractivity contribution is 5.08. The smallest absolute Gasteiger partial charge is 0.322 e. The maximum absolute atomic E-state index is 9.56. The molecule has 0 radical (unpaired) electrons. The average Bonchev–Trinajstić information content (AvgIpc) is 2.38. The topological polar surface area (TPSA) is 99.4 Å². The van der Waals surface area contributed by atoms with Gasteiger partial charge in [-0.25, -0.2) is 0 Å². The predicted octanol–water partition coefficient (Wildman–Crippen LogP) is 0.423. The quantitative estimate of drug-likeness (QED) is 0.496. The zero-order chi connectivity index (χ0) is 13.5. The van der Waals surface area contributed by atoms with Crippen LogP contribution in [0.5, 0.6) is 0 Å². The van der Waals surface area contributed by atoms with E-state index < -0.39 is 30.7 Å². The van der Waals surface area contributed by atoms with Gasteiger partial charge in [0.25, 0.3) is 0 Å². The fourth-order valence-electron chi connectivity index (χ4n) is 1.70. The van der Waals surface area contributed by atoms with Crippen LogP contribution in [0.4, 0.5) is 0 Å². The van der Waals surface area contributed by atoms with Crippen LogP contribution in [0.2, 0.25) is 0 Å². The summed E-state index contributed by atoms with van der Waals surface area (Å²) in [7, 11) is 0. The van der Waals surface area contributed by atoms with Gasteiger partial charge in [0.15, 0.2) is 6.10 Å². The number of aliphatic hydroxyl groups is 4. The fourth-order valence-corrected chi connectivity index (χ4v) is 1.70. The van der Waals surface area contributed by atoms with Crippen LogP contribution in [0.1, 0.15) is 32.6 Å². The summed E-state index contributed by atoms with van der Waals surface area (Å²) >= 11 is 0. The second-order valence-electron chi connectivity index (χ2n) is 4.36. The zero-order valence-corrected chi connectivity index (χ0v) is 10.6. The molecule has 0 aliphatic carbocycles. The molecule has 4 N–H and O–H groups in total. The van der Waals surface area contributed by atoms with Gasteiger partial charge in [-0.05, 0) is 6.42 Å². The van der Waals surface area contributed by atoms with E-state index in [1.165, 1.54) is 0 Å². The summed E-state index contributed by atoms with van der Waals surface area (Å²) in [5, 5.41) is 37.5. The Kier molecular flexibility index (Phi) is 6.24. The van der Waals surface area contributed by atoms with Crippen molar-refractivity contribution in [1.82, 2.24) is 0 Å². The number of rotatable bonds is 7. The molecule has 0 bridgehead atoms. The Morgan fingerprint density at radius 3 is 2.56 bits per heavy atom. The lowest BCUT2D eigenvalue weighted by Gasteiger charge is -2.31. The van der Waals surface area contributed by atoms with Crippen LogP contribution in [0.3, 0.4) is 0 Å². The largest absolute Gasteiger partial charge is 0.504 e. The first-order valence-electron chi connectivity index (χ1n) is 6.31. The van der Waals surface area contributed by atoms with Crippen molar-refractivity contribution < 1.29 is 29.9 Å². The predicted molar refractivity (Wildman–Crippen MR) is 63.7 cm³/mol. The molecule has 6 heteroatoms. The molecule has 0 saturated carbocycles. The van der Waals surface area contributed by atoms with Gasteiger partial charge < -0.3 is 29.9 Å². The molecule has 0 spiro atoms. The minimum atomic E-state index is -1.48. The molecule has 0 aromatic heterocycles. The van der Waals surface area contributed by atoms with Crippen molar-refractivity contribution in [2.75, 3.05) is 13.2 Å². The van der Waals surface area contributed by atoms with Crippen molar-refractivity contribution in [3.05, 3.63) is 11.7 Å². The molecular weight excluding hydrogens is 240 g/mol. The molecule has 0 saturated heterocycles. The van der Waals surface area contributed by atoms with Crippen molar-refractivity contribution in [3.8, 4) is 0 Å². The van der Waals surface area contributed by atoms with Crippen LogP contribution in [-0.2, 0) is 9.47 Å². The number of aliphatic hydroxyl groups excluding tert-OH is 4. The van der Waals surface area contributed by atoms with E-state index in [0.717, 1.165) is 25.7 Å². The van der Waals surface area contributed by atoms with Crippen LogP contribution in [-0.4, -0.2) is 52.0 Å². The van der Waals surface area contributed by atoms with E-state index in [-0.39, 0.29) is 5.95 Å². The Morgan fingerprint density at radius 1 is 1.22 bits per heavy atom. The lowest BCUT2D eigenvalue weighted by Crippen LogP contribution is -2.46. The molecule has 0 aromatic carbocycles. The van der Waals surface area contributed by atoms with Crippen LogP contribution >= 0.6 is 0 Å². The molecular formula is C12H22O6. The molecule has 3 atom stereocenters. The second kappa shape index (κ2) is 7.45. The lowest BCUT2D eigenvalue weighted by molar-refractivity contribution is -0.148. The molecule has 1 rings (SSSR count). The maximum Gasteiger partial charge on any atom is 0.322 e. The van der Waals surface area contributed by atoms with E-state index in [9.17, 15) is 15.3 Å². The van der Waals surface area contributed by atoms with Gasteiger partial charge in [0.05, 0.1) is 13.2 Å². The van der Waals surface area contributed by atoms with Crippen LogP contribution in [0, 0.1) is 0 Å². The summed E-state index contributed by atoms with van der Waals surface area (Å²) < 4.78 is 10.3. The van der Waals surface area contributed by atoms with Crippen molar-refractivity contribution in [2.45, 2.75) is 50.9 Å². The SMILES string of the molecule is CCCCCCOC1=C(O)[C@@H](O)[C@H](O)[C@@H](CO)O1. The highest BCUT2D eigenvalue weighted by Gasteiger charge is 2.39. The maximum atomic E-state index is 9.56. The van der Waals surface area contributed by atoms with Gasteiger partial charge in [0, 0.05) is 0 Å². The average molecular weight is 262 g/mol. The highest BCUT2D eigenvalue weighted by Crippen LogP contribution is 2.24. The summed E-state index contributed by atoms with van der Waals surface area (Å²) in [6.07, 6.45) is 0.221. The first-order chi connectivity index (χ1) is 8.61. The third-order valence-electron chi connectivity index (χ3n) is 2.86. The minimum Gasteiger partial charge on any atom is -0.504 e. The third-order valence-corrected chi connectivity index (χ3v) is 2.86. The van der Waals surface area contributed by atoms with Gasteiger partial charge in [-0.2, -0.15) is 0 Å². The van der Waals surface area contributed by atoms with E-state index in [2.05, 4.69) is 6.92 Å². The summed E-state index contributed by atoms with van der Waals surface area (Å²) in [5.74, 6) is -0.731. The Bertz CT molecular complexity index is 278. The first-order valence-corrected chi connectivity index (χ1v) is 6.31. The van der Waals surface area contributed by atoms with Gasteiger partial charge >= 0.3 is 5.95 Å². The van der Waals surface area contributed by atoms with Gasteiger partial charge in [-0.15, -0.1) is 0 Å². The van der Waals surface area contributed by atoms with Crippen molar-refractivity contribution >= 4 is 0 Å². The third kappa shape index (κ3) is 3.76. The summed E-state index contributed by atoms with van der Waals surface area (Å²) in [5.41, 5.74) is 0. The summed E-state index contributed by atoms with van der Waals surface area (Å²) in [6, 6.07) is 0. The molecule has 0 unspecified atom stereocenters. The van der Waals surface area contributed by atoms with Crippen LogP contribution < -0.4 is 0 Å². The van der Waals surface area contributed by atoms with E-state index in [4.69, 9.17) is 14.6 Å². The Labute approximate surface area is 106 Å². The number of hydrogen-bond donors (Lipinski definition) is 4. The highest BCUT2D eigenvalue weighted by atomic mass is 16.7. The van der Waals surface area contributed by atoms with E-state index in [0.29, 0.717) is 6.61 Å². The molecule has 0 fully saturated rings. The van der Waals surface area contributed by atoms with E-state index in [1.807, 2.05) is 0 Å². The lowest BCUT2D eigenvalue weighted by atomic mass is 10.0. The first kappa shape index (κ1) is 15.1. The Balaban J connectivity index is 2.47. The standard InChI is InChI=1S/C12H22O6/c1-2-3-4-5-6-17-12-11(16)10(15)9(14)8(7-13)18-12/h8-10,13-16H,2-7H2,1H3/t8-,9-,10+/m1/s1. The van der Waals surface area contributed by atoms with Crippen LogP contribution in [0.15, 0.2) is 11.7 Å². The summed E-state index contributed by atoms with van der Waals surface area (Å²) in [4.78, 5) is 0. The van der Waals surface area contributed by atoms with Crippen molar-refractivity contribution in [2.24, 2.45) is 0 Å². The van der Waals surface area contributed by atoms with E-state index >= 15 is 0 Å². The molecule has 0 amide bonds. The Morgan fingerprint density at radius 2 is 1.94 bits per heavy atom. The molecule has 1 aliphatic rings. The van der Waals surface area contributed by atoms with Gasteiger partial charge in [0.2, 0.25) is 5.76 Å². The van der Waals surface area contributed by atoms with Crippen molar-refractivity contribution in [1.29, 1.82) is 0 Å². The summed E-state index contributed by atoms with van der Waals surface area (Å²) in [6.45, 7) is 2.00.